The van der Waals surface area contributed by atoms with Crippen LogP contribution in [0.25, 0.3) is 0 Å². The smallest absolute Gasteiger partial charge is 0.186 e. The van der Waals surface area contributed by atoms with Crippen molar-refractivity contribution < 1.29 is 9.53 Å². The Kier molecular flexibility index (Phi) is 3.67. The summed E-state index contributed by atoms with van der Waals surface area (Å²) in [6, 6.07) is 1.82. The third-order valence-corrected chi connectivity index (χ3v) is 5.22. The van der Waals surface area contributed by atoms with Gasteiger partial charge in [0.1, 0.15) is 5.69 Å². The average molecular weight is 280 g/mol. The second kappa shape index (κ2) is 5.29. The first-order valence-corrected chi connectivity index (χ1v) is 8.10. The topological polar surface area (TPSA) is 44.1 Å². The van der Waals surface area contributed by atoms with Gasteiger partial charge in [0.15, 0.2) is 5.78 Å². The summed E-state index contributed by atoms with van der Waals surface area (Å²) < 4.78 is 7.73. The minimum absolute atomic E-state index is 0.0292. The van der Waals surface area contributed by atoms with Crippen LogP contribution < -0.4 is 0 Å². The van der Waals surface area contributed by atoms with E-state index in [2.05, 4.69) is 5.10 Å². The van der Waals surface area contributed by atoms with E-state index in [0.717, 1.165) is 37.2 Å². The Morgan fingerprint density at radius 3 is 3.00 bits per heavy atom. The van der Waals surface area contributed by atoms with Crippen molar-refractivity contribution in [2.75, 3.05) is 18.1 Å². The largest absolute Gasteiger partial charge is 0.375 e. The van der Waals surface area contributed by atoms with Gasteiger partial charge < -0.3 is 4.74 Å². The number of ether oxygens (including phenoxy) is 1. The van der Waals surface area contributed by atoms with Crippen molar-refractivity contribution in [3.63, 3.8) is 0 Å². The highest BCUT2D eigenvalue weighted by molar-refractivity contribution is 7.99. The molecule has 2 aliphatic rings. The van der Waals surface area contributed by atoms with Gasteiger partial charge in [0.2, 0.25) is 0 Å². The Morgan fingerprint density at radius 2 is 2.32 bits per heavy atom. The Balaban J connectivity index is 1.72. The van der Waals surface area contributed by atoms with Gasteiger partial charge in [0.25, 0.3) is 0 Å². The molecule has 3 heterocycles. The number of thioether (sulfide) groups is 1. The molecule has 0 aromatic carbocycles. The van der Waals surface area contributed by atoms with Gasteiger partial charge in [-0.15, -0.1) is 0 Å². The quantitative estimate of drug-likeness (QED) is 0.780. The third kappa shape index (κ3) is 2.72. The van der Waals surface area contributed by atoms with E-state index in [0.29, 0.717) is 12.3 Å². The zero-order valence-electron chi connectivity index (χ0n) is 11.3. The lowest BCUT2D eigenvalue weighted by molar-refractivity contribution is -0.0960. The Morgan fingerprint density at radius 1 is 1.53 bits per heavy atom. The molecule has 1 aromatic heterocycles. The molecule has 1 aromatic rings. The molecule has 2 aliphatic heterocycles. The fourth-order valence-corrected chi connectivity index (χ4v) is 4.34. The fourth-order valence-electron chi connectivity index (χ4n) is 3.10. The van der Waals surface area contributed by atoms with E-state index >= 15 is 0 Å². The van der Waals surface area contributed by atoms with E-state index in [-0.39, 0.29) is 17.3 Å². The summed E-state index contributed by atoms with van der Waals surface area (Å²) in [4.78, 5) is 12.5. The highest BCUT2D eigenvalue weighted by atomic mass is 32.2. The third-order valence-electron chi connectivity index (χ3n) is 4.23. The van der Waals surface area contributed by atoms with Gasteiger partial charge in [-0.1, -0.05) is 0 Å². The van der Waals surface area contributed by atoms with Crippen LogP contribution in [0, 0.1) is 5.92 Å². The number of hydrogen-bond donors (Lipinski definition) is 0. The molecule has 0 aliphatic carbocycles. The van der Waals surface area contributed by atoms with Crippen LogP contribution in [0.5, 0.6) is 0 Å². The van der Waals surface area contributed by atoms with E-state index in [1.165, 1.54) is 0 Å². The molecule has 5 heteroatoms. The maximum atomic E-state index is 12.5. The van der Waals surface area contributed by atoms with Gasteiger partial charge in [0, 0.05) is 25.8 Å². The van der Waals surface area contributed by atoms with E-state index < -0.39 is 0 Å². The summed E-state index contributed by atoms with van der Waals surface area (Å²) in [6.07, 6.45) is 5.72. The molecule has 19 heavy (non-hydrogen) atoms. The number of hydrogen-bond acceptors (Lipinski definition) is 4. The highest BCUT2D eigenvalue weighted by Gasteiger charge is 2.41. The molecule has 0 N–H and O–H groups in total. The van der Waals surface area contributed by atoms with E-state index in [4.69, 9.17) is 4.74 Å². The minimum Gasteiger partial charge on any atom is -0.375 e. The minimum atomic E-state index is -0.0292. The van der Waals surface area contributed by atoms with Gasteiger partial charge in [-0.25, -0.2) is 0 Å². The second-order valence-electron chi connectivity index (χ2n) is 5.57. The van der Waals surface area contributed by atoms with Crippen LogP contribution in [-0.4, -0.2) is 39.3 Å². The van der Waals surface area contributed by atoms with Gasteiger partial charge in [-0.2, -0.15) is 16.9 Å². The van der Waals surface area contributed by atoms with Crippen molar-refractivity contribution in [3.05, 3.63) is 18.0 Å². The predicted octanol–water partition coefficient (Wildman–Crippen LogP) is 2.30. The fraction of sp³-hybridized carbons (Fsp3) is 0.714. The van der Waals surface area contributed by atoms with Crippen LogP contribution >= 0.6 is 11.8 Å². The average Bonchev–Trinajstić information content (AvgIpc) is 2.85. The molecular weight excluding hydrogens is 260 g/mol. The first-order chi connectivity index (χ1) is 9.19. The standard InChI is InChI=1S/C14H20N2O2S/c1-16-6-2-12(15-16)13(17)11-3-7-18-14(10-11)4-8-19-9-5-14/h2,6,11H,3-5,7-10H2,1H3. The zero-order valence-corrected chi connectivity index (χ0v) is 12.1. The van der Waals surface area contributed by atoms with Crippen LogP contribution in [0.15, 0.2) is 12.3 Å². The summed E-state index contributed by atoms with van der Waals surface area (Å²) in [5.74, 6) is 2.60. The first-order valence-electron chi connectivity index (χ1n) is 6.94. The van der Waals surface area contributed by atoms with Crippen LogP contribution in [-0.2, 0) is 11.8 Å². The number of nitrogens with zero attached hydrogens (tertiary/aromatic N) is 2. The Bertz CT molecular complexity index is 460. The van der Waals surface area contributed by atoms with E-state index in [1.54, 1.807) is 4.68 Å². The molecule has 0 amide bonds. The molecule has 1 spiro atoms. The van der Waals surface area contributed by atoms with Crippen molar-refractivity contribution >= 4 is 17.5 Å². The van der Waals surface area contributed by atoms with Crippen molar-refractivity contribution in [2.45, 2.75) is 31.3 Å². The number of Topliss-reactive ketones (excluding diaryl/α,β-unsaturated/α-hetero) is 1. The first kappa shape index (κ1) is 13.2. The molecule has 1 atom stereocenters. The van der Waals surface area contributed by atoms with Crippen LogP contribution in [0.3, 0.4) is 0 Å². The molecule has 104 valence electrons. The van der Waals surface area contributed by atoms with Crippen LogP contribution in [0.2, 0.25) is 0 Å². The molecule has 1 unspecified atom stereocenters. The second-order valence-corrected chi connectivity index (χ2v) is 6.80. The van der Waals surface area contributed by atoms with Crippen molar-refractivity contribution in [3.8, 4) is 0 Å². The van der Waals surface area contributed by atoms with Crippen LogP contribution in [0.4, 0.5) is 0 Å². The summed E-state index contributed by atoms with van der Waals surface area (Å²) in [5, 5.41) is 4.24. The summed E-state index contributed by atoms with van der Waals surface area (Å²) in [6.45, 7) is 0.716. The Hall–Kier alpha value is -0.810. The van der Waals surface area contributed by atoms with Gasteiger partial charge >= 0.3 is 0 Å². The van der Waals surface area contributed by atoms with Gasteiger partial charge in [0.05, 0.1) is 5.60 Å². The Labute approximate surface area is 117 Å². The van der Waals surface area contributed by atoms with E-state index in [9.17, 15) is 4.79 Å². The molecule has 2 fully saturated rings. The normalized spacial score (nSPS) is 26.5. The number of rotatable bonds is 2. The monoisotopic (exact) mass is 280 g/mol. The van der Waals surface area contributed by atoms with E-state index in [1.807, 2.05) is 31.1 Å². The molecule has 0 bridgehead atoms. The lowest BCUT2D eigenvalue weighted by Gasteiger charge is -2.42. The lowest BCUT2D eigenvalue weighted by atomic mass is 9.79. The SMILES string of the molecule is Cn1ccc(C(=O)C2CCOC3(CCSCC3)C2)n1. The predicted molar refractivity (Wildman–Crippen MR) is 75.5 cm³/mol. The molecule has 0 saturated carbocycles. The van der Waals surface area contributed by atoms with Crippen molar-refractivity contribution in [1.29, 1.82) is 0 Å². The zero-order chi connectivity index (χ0) is 13.3. The summed E-state index contributed by atoms with van der Waals surface area (Å²) in [5.41, 5.74) is 0.577. The molecule has 2 saturated heterocycles. The lowest BCUT2D eigenvalue weighted by Crippen LogP contribution is -2.44. The number of aryl methyl sites for hydroxylation is 1. The number of carbonyl (C=O) groups excluding carboxylic acids is 1. The molecule has 4 nitrogen and oxygen atoms in total. The van der Waals surface area contributed by atoms with Gasteiger partial charge in [-0.05, 0) is 43.3 Å². The maximum absolute atomic E-state index is 12.5. The van der Waals surface area contributed by atoms with Crippen LogP contribution in [0.1, 0.15) is 36.2 Å². The summed E-state index contributed by atoms with van der Waals surface area (Å²) >= 11 is 1.99. The summed E-state index contributed by atoms with van der Waals surface area (Å²) in [7, 11) is 1.85. The molecule has 3 rings (SSSR count). The maximum Gasteiger partial charge on any atom is 0.186 e. The van der Waals surface area contributed by atoms with Gasteiger partial charge in [-0.3, -0.25) is 9.48 Å². The molecular formula is C14H20N2O2S. The number of aromatic nitrogens is 2. The number of carbonyl (C=O) groups is 1. The number of ketones is 1. The van der Waals surface area contributed by atoms with Crippen molar-refractivity contribution in [1.82, 2.24) is 9.78 Å². The highest BCUT2D eigenvalue weighted by Crippen LogP contribution is 2.40. The van der Waals surface area contributed by atoms with Crippen molar-refractivity contribution in [2.24, 2.45) is 13.0 Å². The molecule has 0 radical (unpaired) electrons.